The molecule has 0 saturated heterocycles. The van der Waals surface area contributed by atoms with E-state index < -0.39 is 12.1 Å². The van der Waals surface area contributed by atoms with E-state index in [9.17, 15) is 14.9 Å². The number of nitrogens with zero attached hydrogens (tertiary/aromatic N) is 1. The van der Waals surface area contributed by atoms with E-state index in [1.807, 2.05) is 12.1 Å². The Kier molecular flexibility index (Phi) is 6.07. The summed E-state index contributed by atoms with van der Waals surface area (Å²) in [5, 5.41) is 12.2. The topological polar surface area (TPSA) is 88.4 Å². The van der Waals surface area contributed by atoms with Crippen molar-refractivity contribution in [1.82, 2.24) is 5.32 Å². The molecular weight excluding hydrogens is 356 g/mol. The Morgan fingerprint density at radius 2 is 1.82 bits per heavy atom. The number of benzene rings is 2. The summed E-state index contributed by atoms with van der Waals surface area (Å²) in [5.41, 5.74) is 1.01. The van der Waals surface area contributed by atoms with Crippen molar-refractivity contribution in [3.8, 4) is 11.8 Å². The lowest BCUT2D eigenvalue weighted by atomic mass is 10.1. The zero-order valence-corrected chi connectivity index (χ0v) is 15.4. The highest BCUT2D eigenvalue weighted by Crippen LogP contribution is 2.24. The van der Waals surface area contributed by atoms with Crippen LogP contribution in [0.1, 0.15) is 30.1 Å². The fraction of sp³-hybridized carbons (Fsp3) is 0.227. The summed E-state index contributed by atoms with van der Waals surface area (Å²) in [5.74, 6) is -0.568. The lowest BCUT2D eigenvalue weighted by molar-refractivity contribution is -0.152. The molecule has 1 saturated carbocycles. The number of carbonyl (C=O) groups excluding carboxylic acids is 2. The summed E-state index contributed by atoms with van der Waals surface area (Å²) in [6, 6.07) is 17.6. The van der Waals surface area contributed by atoms with Crippen LogP contribution in [0.4, 0.5) is 0 Å². The van der Waals surface area contributed by atoms with E-state index >= 15 is 0 Å². The average Bonchev–Trinajstić information content (AvgIpc) is 3.55. The maximum atomic E-state index is 12.6. The van der Waals surface area contributed by atoms with Crippen molar-refractivity contribution in [2.75, 3.05) is 7.11 Å². The van der Waals surface area contributed by atoms with Crippen molar-refractivity contribution >= 4 is 18.0 Å². The molecule has 0 bridgehead atoms. The fourth-order valence-corrected chi connectivity index (χ4v) is 2.58. The number of hydrogen-bond donors (Lipinski definition) is 1. The number of esters is 1. The van der Waals surface area contributed by atoms with Gasteiger partial charge in [-0.05, 0) is 36.6 Å². The van der Waals surface area contributed by atoms with Gasteiger partial charge in [-0.15, -0.1) is 0 Å². The Bertz CT molecular complexity index is 910. The molecule has 2 aromatic carbocycles. The Balaban J connectivity index is 1.79. The zero-order chi connectivity index (χ0) is 19.9. The number of methoxy groups -OCH3 is 1. The minimum Gasteiger partial charge on any atom is -0.497 e. The highest BCUT2D eigenvalue weighted by atomic mass is 16.5. The second kappa shape index (κ2) is 8.87. The molecule has 0 unspecified atom stereocenters. The Morgan fingerprint density at radius 3 is 2.39 bits per heavy atom. The van der Waals surface area contributed by atoms with Gasteiger partial charge in [0.15, 0.2) is 0 Å². The number of nitrogens with one attached hydrogen (secondary N) is 1. The van der Waals surface area contributed by atoms with Gasteiger partial charge >= 0.3 is 5.97 Å². The van der Waals surface area contributed by atoms with E-state index in [2.05, 4.69) is 5.32 Å². The molecule has 28 heavy (non-hydrogen) atoms. The molecule has 3 rings (SSSR count). The van der Waals surface area contributed by atoms with Gasteiger partial charge in [-0.1, -0.05) is 42.5 Å². The molecule has 0 aromatic heterocycles. The zero-order valence-electron chi connectivity index (χ0n) is 15.4. The van der Waals surface area contributed by atoms with Crippen molar-refractivity contribution in [2.24, 2.45) is 0 Å². The molecule has 1 aliphatic rings. The molecule has 1 aliphatic carbocycles. The predicted molar refractivity (Wildman–Crippen MR) is 103 cm³/mol. The van der Waals surface area contributed by atoms with Crippen molar-refractivity contribution in [1.29, 1.82) is 5.26 Å². The van der Waals surface area contributed by atoms with Crippen LogP contribution in [0.15, 0.2) is 60.2 Å². The number of ether oxygens (including phenoxy) is 2. The fourth-order valence-electron chi connectivity index (χ4n) is 2.58. The third-order valence-electron chi connectivity index (χ3n) is 4.26. The lowest BCUT2D eigenvalue weighted by Crippen LogP contribution is -2.33. The monoisotopic (exact) mass is 376 g/mol. The van der Waals surface area contributed by atoms with Crippen LogP contribution in [0.2, 0.25) is 0 Å². The van der Waals surface area contributed by atoms with Crippen molar-refractivity contribution < 1.29 is 19.1 Å². The van der Waals surface area contributed by atoms with Gasteiger partial charge < -0.3 is 14.8 Å². The maximum Gasteiger partial charge on any atom is 0.350 e. The van der Waals surface area contributed by atoms with Gasteiger partial charge in [-0.2, -0.15) is 5.26 Å². The number of carbonyl (C=O) groups is 2. The molecule has 1 N–H and O–H groups in total. The van der Waals surface area contributed by atoms with Crippen molar-refractivity contribution in [3.63, 3.8) is 0 Å². The summed E-state index contributed by atoms with van der Waals surface area (Å²) < 4.78 is 10.5. The van der Waals surface area contributed by atoms with Gasteiger partial charge in [0, 0.05) is 11.6 Å². The third-order valence-corrected chi connectivity index (χ3v) is 4.26. The van der Waals surface area contributed by atoms with E-state index in [1.54, 1.807) is 55.6 Å². The third kappa shape index (κ3) is 4.98. The van der Waals surface area contributed by atoms with Gasteiger partial charge in [0.2, 0.25) is 6.10 Å². The quantitative estimate of drug-likeness (QED) is 0.455. The molecule has 142 valence electrons. The van der Waals surface area contributed by atoms with Crippen LogP contribution in [0.3, 0.4) is 0 Å². The first-order chi connectivity index (χ1) is 13.6. The molecule has 0 aliphatic heterocycles. The minimum atomic E-state index is -1.11. The molecule has 6 nitrogen and oxygen atoms in total. The molecule has 1 fully saturated rings. The molecule has 1 amide bonds. The molecular formula is C22H20N2O4. The van der Waals surface area contributed by atoms with Crippen LogP contribution in [0.25, 0.3) is 6.08 Å². The van der Waals surface area contributed by atoms with Crippen LogP contribution < -0.4 is 10.1 Å². The standard InChI is InChI=1S/C22H20N2O4/c1-27-19-11-7-15(8-12-19)13-17(14-23)22(26)28-20(16-5-3-2-4-6-16)21(25)24-18-9-10-18/h2-8,11-13,18,20H,9-10H2,1H3,(H,24,25)/b17-13+/t20-/m1/s1. The van der Waals surface area contributed by atoms with E-state index in [0.29, 0.717) is 16.9 Å². The highest BCUT2D eigenvalue weighted by molar-refractivity contribution is 5.99. The van der Waals surface area contributed by atoms with Crippen LogP contribution in [0.5, 0.6) is 5.75 Å². The molecule has 2 aromatic rings. The predicted octanol–water partition coefficient (Wildman–Crippen LogP) is 3.17. The van der Waals surface area contributed by atoms with Gasteiger partial charge in [-0.25, -0.2) is 4.79 Å². The molecule has 6 heteroatoms. The maximum absolute atomic E-state index is 12.6. The number of amides is 1. The summed E-state index contributed by atoms with van der Waals surface area (Å²) in [6.07, 6.45) is 2.15. The Morgan fingerprint density at radius 1 is 1.14 bits per heavy atom. The lowest BCUT2D eigenvalue weighted by Gasteiger charge is -2.17. The van der Waals surface area contributed by atoms with Crippen molar-refractivity contribution in [2.45, 2.75) is 25.0 Å². The SMILES string of the molecule is COc1ccc(/C=C(\C#N)C(=O)O[C@@H](C(=O)NC2CC2)c2ccccc2)cc1. The van der Waals surface area contributed by atoms with Gasteiger partial charge in [0.1, 0.15) is 17.4 Å². The minimum absolute atomic E-state index is 0.127. The van der Waals surface area contributed by atoms with Gasteiger partial charge in [0.05, 0.1) is 7.11 Å². The number of hydrogen-bond acceptors (Lipinski definition) is 5. The second-order valence-corrected chi connectivity index (χ2v) is 6.42. The summed E-state index contributed by atoms with van der Waals surface area (Å²) in [6.45, 7) is 0. The number of rotatable bonds is 7. The first kappa shape index (κ1) is 19.2. The number of nitriles is 1. The largest absolute Gasteiger partial charge is 0.497 e. The molecule has 0 spiro atoms. The molecule has 1 atom stereocenters. The summed E-state index contributed by atoms with van der Waals surface area (Å²) in [7, 11) is 1.55. The van der Waals surface area contributed by atoms with E-state index in [4.69, 9.17) is 9.47 Å². The molecule has 0 radical (unpaired) electrons. The normalized spacial score (nSPS) is 14.5. The first-order valence-electron chi connectivity index (χ1n) is 8.93. The Hall–Kier alpha value is -3.59. The average molecular weight is 376 g/mol. The summed E-state index contributed by atoms with van der Waals surface area (Å²) in [4.78, 5) is 25.1. The van der Waals surface area contributed by atoms with Crippen LogP contribution >= 0.6 is 0 Å². The first-order valence-corrected chi connectivity index (χ1v) is 8.93. The van der Waals surface area contributed by atoms with Crippen molar-refractivity contribution in [3.05, 3.63) is 71.3 Å². The highest BCUT2D eigenvalue weighted by Gasteiger charge is 2.31. The van der Waals surface area contributed by atoms with Gasteiger partial charge in [-0.3, -0.25) is 4.79 Å². The van der Waals surface area contributed by atoms with Crippen LogP contribution in [0, 0.1) is 11.3 Å². The van der Waals surface area contributed by atoms with E-state index in [-0.39, 0.29) is 17.5 Å². The Labute approximate surface area is 163 Å². The van der Waals surface area contributed by atoms with Crippen LogP contribution in [-0.4, -0.2) is 25.0 Å². The van der Waals surface area contributed by atoms with Gasteiger partial charge in [0.25, 0.3) is 5.91 Å². The molecule has 0 heterocycles. The van der Waals surface area contributed by atoms with Crippen LogP contribution in [-0.2, 0) is 14.3 Å². The van der Waals surface area contributed by atoms with E-state index in [1.165, 1.54) is 6.08 Å². The second-order valence-electron chi connectivity index (χ2n) is 6.42. The summed E-state index contributed by atoms with van der Waals surface area (Å²) >= 11 is 0. The smallest absolute Gasteiger partial charge is 0.350 e. The van der Waals surface area contributed by atoms with E-state index in [0.717, 1.165) is 12.8 Å².